The lowest BCUT2D eigenvalue weighted by molar-refractivity contribution is -0.147. The smallest absolute Gasteiger partial charge is 0.407 e. The van der Waals surface area contributed by atoms with Crippen molar-refractivity contribution in [1.82, 2.24) is 5.32 Å². The first-order valence-electron chi connectivity index (χ1n) is 6.95. The topological polar surface area (TPSA) is 64.6 Å². The fourth-order valence-electron chi connectivity index (χ4n) is 1.26. The molecule has 6 heteroatoms. The Morgan fingerprint density at radius 1 is 1.05 bits per heavy atom. The SMILES string of the molecule is CSCCC(NC(=O)OCC(C)C)C(=O)OCC(C)C. The fraction of sp³-hybridized carbons (Fsp3) is 0.857. The van der Waals surface area contributed by atoms with Gasteiger partial charge in [0.25, 0.3) is 0 Å². The third-order valence-corrected chi connectivity index (χ3v) is 2.94. The lowest BCUT2D eigenvalue weighted by Crippen LogP contribution is -2.43. The molecular formula is C14H27NO4S. The van der Waals surface area contributed by atoms with Crippen molar-refractivity contribution < 1.29 is 19.1 Å². The Kier molecular flexibility index (Phi) is 10.3. The molecule has 0 aliphatic carbocycles. The van der Waals surface area contributed by atoms with Gasteiger partial charge in [0, 0.05) is 0 Å². The first-order chi connectivity index (χ1) is 9.36. The highest BCUT2D eigenvalue weighted by Gasteiger charge is 2.23. The zero-order chi connectivity index (χ0) is 15.5. The highest BCUT2D eigenvalue weighted by Crippen LogP contribution is 2.05. The average Bonchev–Trinajstić information content (AvgIpc) is 2.38. The van der Waals surface area contributed by atoms with Crippen LogP contribution in [-0.4, -0.2) is 43.3 Å². The van der Waals surface area contributed by atoms with Crippen molar-refractivity contribution in [3.05, 3.63) is 0 Å². The van der Waals surface area contributed by atoms with Gasteiger partial charge in [-0.05, 0) is 30.3 Å². The van der Waals surface area contributed by atoms with Crippen LogP contribution in [0.1, 0.15) is 34.1 Å². The first-order valence-corrected chi connectivity index (χ1v) is 8.35. The Labute approximate surface area is 126 Å². The zero-order valence-corrected chi connectivity index (χ0v) is 13.9. The van der Waals surface area contributed by atoms with Crippen LogP contribution in [-0.2, 0) is 14.3 Å². The summed E-state index contributed by atoms with van der Waals surface area (Å²) in [4.78, 5) is 23.5. The molecule has 0 radical (unpaired) electrons. The van der Waals surface area contributed by atoms with Gasteiger partial charge in [-0.3, -0.25) is 0 Å². The summed E-state index contributed by atoms with van der Waals surface area (Å²) >= 11 is 1.62. The van der Waals surface area contributed by atoms with E-state index in [2.05, 4.69) is 5.32 Å². The second kappa shape index (κ2) is 10.8. The Balaban J connectivity index is 4.31. The molecule has 0 bridgehead atoms. The van der Waals surface area contributed by atoms with Gasteiger partial charge >= 0.3 is 12.1 Å². The quantitative estimate of drug-likeness (QED) is 0.664. The van der Waals surface area contributed by atoms with Crippen molar-refractivity contribution in [3.63, 3.8) is 0 Å². The zero-order valence-electron chi connectivity index (χ0n) is 13.1. The second-order valence-electron chi connectivity index (χ2n) is 5.49. The minimum Gasteiger partial charge on any atom is -0.464 e. The lowest BCUT2D eigenvalue weighted by atomic mass is 10.2. The third-order valence-electron chi connectivity index (χ3n) is 2.29. The standard InChI is InChI=1S/C14H27NO4S/c1-10(2)8-18-13(16)12(6-7-20-5)15-14(17)19-9-11(3)4/h10-12H,6-9H2,1-5H3,(H,15,17). The Hall–Kier alpha value is -0.910. The van der Waals surface area contributed by atoms with Gasteiger partial charge in [0.2, 0.25) is 0 Å². The van der Waals surface area contributed by atoms with Crippen LogP contribution in [0, 0.1) is 11.8 Å². The monoisotopic (exact) mass is 305 g/mol. The summed E-state index contributed by atoms with van der Waals surface area (Å²) < 4.78 is 10.2. The number of amides is 1. The predicted octanol–water partition coefficient (Wildman–Crippen LogP) is 2.69. The van der Waals surface area contributed by atoms with Crippen molar-refractivity contribution in [2.45, 2.75) is 40.2 Å². The maximum Gasteiger partial charge on any atom is 0.407 e. The van der Waals surface area contributed by atoms with E-state index in [0.717, 1.165) is 5.75 Å². The summed E-state index contributed by atoms with van der Waals surface area (Å²) in [6.07, 6.45) is 1.92. The third kappa shape index (κ3) is 9.95. The molecule has 0 aromatic rings. The van der Waals surface area contributed by atoms with Gasteiger partial charge in [0.1, 0.15) is 6.04 Å². The summed E-state index contributed by atoms with van der Waals surface area (Å²) in [6.45, 7) is 8.53. The molecule has 20 heavy (non-hydrogen) atoms. The van der Waals surface area contributed by atoms with Gasteiger partial charge in [-0.15, -0.1) is 0 Å². The normalized spacial score (nSPS) is 12.3. The van der Waals surface area contributed by atoms with E-state index < -0.39 is 18.1 Å². The van der Waals surface area contributed by atoms with Gasteiger partial charge in [-0.25, -0.2) is 9.59 Å². The number of carbonyl (C=O) groups is 2. The molecule has 1 N–H and O–H groups in total. The molecule has 1 unspecified atom stereocenters. The van der Waals surface area contributed by atoms with E-state index in [4.69, 9.17) is 9.47 Å². The van der Waals surface area contributed by atoms with Crippen molar-refractivity contribution in [2.75, 3.05) is 25.2 Å². The van der Waals surface area contributed by atoms with Crippen molar-refractivity contribution in [3.8, 4) is 0 Å². The molecule has 0 rings (SSSR count). The molecule has 0 aromatic carbocycles. The van der Waals surface area contributed by atoms with Crippen LogP contribution >= 0.6 is 11.8 Å². The Morgan fingerprint density at radius 3 is 2.10 bits per heavy atom. The summed E-state index contributed by atoms with van der Waals surface area (Å²) in [6, 6.07) is -0.638. The van der Waals surface area contributed by atoms with Gasteiger partial charge in [-0.1, -0.05) is 27.7 Å². The molecule has 0 aromatic heterocycles. The van der Waals surface area contributed by atoms with E-state index in [0.29, 0.717) is 19.6 Å². The van der Waals surface area contributed by atoms with E-state index in [1.165, 1.54) is 0 Å². The number of esters is 1. The molecular weight excluding hydrogens is 278 g/mol. The fourth-order valence-corrected chi connectivity index (χ4v) is 1.73. The molecule has 0 aliphatic rings. The molecule has 0 heterocycles. The van der Waals surface area contributed by atoms with Crippen molar-refractivity contribution in [2.24, 2.45) is 11.8 Å². The minimum absolute atomic E-state index is 0.262. The number of alkyl carbamates (subject to hydrolysis) is 1. The number of hydrogen-bond acceptors (Lipinski definition) is 5. The summed E-state index contributed by atoms with van der Waals surface area (Å²) in [5.41, 5.74) is 0. The van der Waals surface area contributed by atoms with E-state index in [1.807, 2.05) is 34.0 Å². The van der Waals surface area contributed by atoms with Gasteiger partial charge in [0.15, 0.2) is 0 Å². The number of carbonyl (C=O) groups excluding carboxylic acids is 2. The summed E-state index contributed by atoms with van der Waals surface area (Å²) in [5, 5.41) is 2.58. The molecule has 0 aliphatic heterocycles. The highest BCUT2D eigenvalue weighted by molar-refractivity contribution is 7.98. The number of ether oxygens (including phenoxy) is 2. The van der Waals surface area contributed by atoms with Crippen LogP contribution in [0.3, 0.4) is 0 Å². The minimum atomic E-state index is -0.638. The van der Waals surface area contributed by atoms with Crippen LogP contribution in [0.25, 0.3) is 0 Å². The predicted molar refractivity (Wildman–Crippen MR) is 81.9 cm³/mol. The molecule has 0 spiro atoms. The molecule has 5 nitrogen and oxygen atoms in total. The number of nitrogens with one attached hydrogen (secondary N) is 1. The summed E-state index contributed by atoms with van der Waals surface area (Å²) in [7, 11) is 0. The van der Waals surface area contributed by atoms with Crippen LogP contribution in [0.15, 0.2) is 0 Å². The average molecular weight is 305 g/mol. The lowest BCUT2D eigenvalue weighted by Gasteiger charge is -2.18. The van der Waals surface area contributed by atoms with E-state index >= 15 is 0 Å². The molecule has 0 saturated heterocycles. The summed E-state index contributed by atoms with van der Waals surface area (Å²) in [5.74, 6) is 0.909. The molecule has 0 fully saturated rings. The van der Waals surface area contributed by atoms with Crippen LogP contribution < -0.4 is 5.32 Å². The van der Waals surface area contributed by atoms with E-state index in [-0.39, 0.29) is 11.8 Å². The molecule has 1 atom stereocenters. The van der Waals surface area contributed by atoms with Crippen molar-refractivity contribution in [1.29, 1.82) is 0 Å². The molecule has 118 valence electrons. The van der Waals surface area contributed by atoms with Crippen LogP contribution in [0.2, 0.25) is 0 Å². The highest BCUT2D eigenvalue weighted by atomic mass is 32.2. The second-order valence-corrected chi connectivity index (χ2v) is 6.48. The number of rotatable bonds is 9. The molecule has 1 amide bonds. The number of thioether (sulfide) groups is 1. The van der Waals surface area contributed by atoms with Gasteiger partial charge < -0.3 is 14.8 Å². The van der Waals surface area contributed by atoms with Gasteiger partial charge in [-0.2, -0.15) is 11.8 Å². The Morgan fingerprint density at radius 2 is 1.60 bits per heavy atom. The van der Waals surface area contributed by atoms with Gasteiger partial charge in [0.05, 0.1) is 13.2 Å². The van der Waals surface area contributed by atoms with Crippen molar-refractivity contribution >= 4 is 23.8 Å². The van der Waals surface area contributed by atoms with E-state index in [9.17, 15) is 9.59 Å². The van der Waals surface area contributed by atoms with E-state index in [1.54, 1.807) is 11.8 Å². The van der Waals surface area contributed by atoms with Crippen LogP contribution in [0.5, 0.6) is 0 Å². The first kappa shape index (κ1) is 19.1. The largest absolute Gasteiger partial charge is 0.464 e. The maximum absolute atomic E-state index is 11.9. The molecule has 0 saturated carbocycles. The number of hydrogen-bond donors (Lipinski definition) is 1. The van der Waals surface area contributed by atoms with Crippen LogP contribution in [0.4, 0.5) is 4.79 Å². The Bertz CT molecular complexity index is 295. The maximum atomic E-state index is 11.9.